The third kappa shape index (κ3) is 1.98. The van der Waals surface area contributed by atoms with Crippen LogP contribution in [0.1, 0.15) is 58.3 Å². The van der Waals surface area contributed by atoms with Crippen LogP contribution >= 0.6 is 0 Å². The van der Waals surface area contributed by atoms with Gasteiger partial charge in [-0.1, -0.05) is 26.2 Å². The van der Waals surface area contributed by atoms with Crippen molar-refractivity contribution in [2.24, 2.45) is 23.0 Å². The summed E-state index contributed by atoms with van der Waals surface area (Å²) in [5.74, 6) is 2.08. The van der Waals surface area contributed by atoms with E-state index in [1.165, 1.54) is 51.4 Å². The van der Waals surface area contributed by atoms with Crippen molar-refractivity contribution in [1.82, 2.24) is 0 Å². The summed E-state index contributed by atoms with van der Waals surface area (Å²) in [6, 6.07) is 0. The molecule has 0 spiro atoms. The number of hydrogen-bond donors (Lipinski definition) is 1. The molecule has 0 atom stereocenters. The predicted octanol–water partition coefficient (Wildman–Crippen LogP) is 3.33. The molecule has 2 saturated carbocycles. The number of rotatable bonds is 4. The first-order valence-electron chi connectivity index (χ1n) is 6.51. The second-order valence-corrected chi connectivity index (χ2v) is 5.53. The maximum atomic E-state index is 5.71. The normalized spacial score (nSPS) is 35.6. The first-order valence-corrected chi connectivity index (χ1v) is 6.51. The minimum absolute atomic E-state index is 0.730. The third-order valence-electron chi connectivity index (χ3n) is 4.82. The van der Waals surface area contributed by atoms with Gasteiger partial charge in [0.05, 0.1) is 0 Å². The maximum Gasteiger partial charge on any atom is -0.00719 e. The van der Waals surface area contributed by atoms with Gasteiger partial charge >= 0.3 is 0 Å². The Kier molecular flexibility index (Phi) is 3.16. The van der Waals surface area contributed by atoms with Crippen molar-refractivity contribution >= 4 is 0 Å². The molecule has 0 amide bonds. The fourth-order valence-corrected chi connectivity index (χ4v) is 3.49. The summed E-state index contributed by atoms with van der Waals surface area (Å²) in [5, 5.41) is 0. The van der Waals surface area contributed by atoms with E-state index in [9.17, 15) is 0 Å². The van der Waals surface area contributed by atoms with E-state index in [2.05, 4.69) is 6.92 Å². The SMILES string of the molecule is CCC1CCC(C2(CCN)CC2)CC1. The van der Waals surface area contributed by atoms with Gasteiger partial charge in [0.25, 0.3) is 0 Å². The average molecular weight is 195 g/mol. The van der Waals surface area contributed by atoms with Gasteiger partial charge in [0.1, 0.15) is 0 Å². The van der Waals surface area contributed by atoms with Gasteiger partial charge in [0, 0.05) is 0 Å². The Hall–Kier alpha value is -0.0400. The molecule has 0 heterocycles. The van der Waals surface area contributed by atoms with Crippen LogP contribution in [0, 0.1) is 17.3 Å². The molecule has 0 aromatic carbocycles. The van der Waals surface area contributed by atoms with Crippen LogP contribution in [-0.2, 0) is 0 Å². The van der Waals surface area contributed by atoms with Gasteiger partial charge in [0.15, 0.2) is 0 Å². The molecule has 1 heteroatoms. The van der Waals surface area contributed by atoms with Crippen LogP contribution in [0.2, 0.25) is 0 Å². The highest BCUT2D eigenvalue weighted by molar-refractivity contribution is 4.99. The highest BCUT2D eigenvalue weighted by atomic mass is 14.6. The molecule has 14 heavy (non-hydrogen) atoms. The van der Waals surface area contributed by atoms with Gasteiger partial charge in [-0.15, -0.1) is 0 Å². The van der Waals surface area contributed by atoms with Crippen molar-refractivity contribution in [3.05, 3.63) is 0 Å². The van der Waals surface area contributed by atoms with E-state index in [1.54, 1.807) is 0 Å². The number of hydrogen-bond acceptors (Lipinski definition) is 1. The molecule has 0 bridgehead atoms. The van der Waals surface area contributed by atoms with Crippen molar-refractivity contribution < 1.29 is 0 Å². The van der Waals surface area contributed by atoms with E-state index in [-0.39, 0.29) is 0 Å². The highest BCUT2D eigenvalue weighted by Crippen LogP contribution is 2.59. The fraction of sp³-hybridized carbons (Fsp3) is 1.00. The molecule has 2 aliphatic rings. The summed E-state index contributed by atoms with van der Waals surface area (Å²) >= 11 is 0. The predicted molar refractivity (Wildman–Crippen MR) is 61.1 cm³/mol. The summed E-state index contributed by atoms with van der Waals surface area (Å²) < 4.78 is 0. The van der Waals surface area contributed by atoms with E-state index in [1.807, 2.05) is 0 Å². The van der Waals surface area contributed by atoms with Crippen LogP contribution in [0.3, 0.4) is 0 Å². The van der Waals surface area contributed by atoms with Gasteiger partial charge in [-0.05, 0) is 55.9 Å². The lowest BCUT2D eigenvalue weighted by molar-refractivity contribution is 0.178. The summed E-state index contributed by atoms with van der Waals surface area (Å²) in [6.45, 7) is 3.26. The van der Waals surface area contributed by atoms with Crippen LogP contribution in [0.15, 0.2) is 0 Å². The Balaban J connectivity index is 1.83. The van der Waals surface area contributed by atoms with Crippen LogP contribution in [0.25, 0.3) is 0 Å². The minimum Gasteiger partial charge on any atom is -0.330 e. The van der Waals surface area contributed by atoms with E-state index in [4.69, 9.17) is 5.73 Å². The standard InChI is InChI=1S/C13H25N/c1-2-11-3-5-12(6-4-11)13(7-8-13)9-10-14/h11-12H,2-10,14H2,1H3. The van der Waals surface area contributed by atoms with Crippen LogP contribution in [0.4, 0.5) is 0 Å². The van der Waals surface area contributed by atoms with E-state index in [0.717, 1.165) is 23.8 Å². The van der Waals surface area contributed by atoms with Gasteiger partial charge in [-0.3, -0.25) is 0 Å². The van der Waals surface area contributed by atoms with Crippen molar-refractivity contribution in [3.63, 3.8) is 0 Å². The Labute approximate surface area is 88.4 Å². The lowest BCUT2D eigenvalue weighted by Gasteiger charge is -2.33. The Morgan fingerprint density at radius 3 is 2.21 bits per heavy atom. The smallest absolute Gasteiger partial charge is 0.00719 e. The van der Waals surface area contributed by atoms with Gasteiger partial charge in [-0.2, -0.15) is 0 Å². The molecule has 0 radical (unpaired) electrons. The quantitative estimate of drug-likeness (QED) is 0.731. The molecule has 0 aliphatic heterocycles. The lowest BCUT2D eigenvalue weighted by atomic mass is 9.72. The van der Waals surface area contributed by atoms with E-state index >= 15 is 0 Å². The van der Waals surface area contributed by atoms with Crippen LogP contribution in [0.5, 0.6) is 0 Å². The molecule has 2 aliphatic carbocycles. The molecule has 0 unspecified atom stereocenters. The second kappa shape index (κ2) is 4.22. The first kappa shape index (κ1) is 10.5. The van der Waals surface area contributed by atoms with E-state index in [0.29, 0.717) is 0 Å². The molecule has 82 valence electrons. The van der Waals surface area contributed by atoms with Crippen molar-refractivity contribution in [1.29, 1.82) is 0 Å². The fourth-order valence-electron chi connectivity index (χ4n) is 3.49. The molecule has 2 rings (SSSR count). The highest BCUT2D eigenvalue weighted by Gasteiger charge is 2.48. The zero-order valence-corrected chi connectivity index (χ0v) is 9.60. The van der Waals surface area contributed by atoms with Gasteiger partial charge in [-0.25, -0.2) is 0 Å². The maximum absolute atomic E-state index is 5.71. The topological polar surface area (TPSA) is 26.0 Å². The summed E-state index contributed by atoms with van der Waals surface area (Å²) in [4.78, 5) is 0. The molecular formula is C13H25N. The Morgan fingerprint density at radius 2 is 1.79 bits per heavy atom. The Morgan fingerprint density at radius 1 is 1.14 bits per heavy atom. The molecular weight excluding hydrogens is 170 g/mol. The van der Waals surface area contributed by atoms with Crippen molar-refractivity contribution in [2.75, 3.05) is 6.54 Å². The molecule has 0 saturated heterocycles. The minimum atomic E-state index is 0.730. The van der Waals surface area contributed by atoms with Crippen molar-refractivity contribution in [3.8, 4) is 0 Å². The second-order valence-electron chi connectivity index (χ2n) is 5.53. The molecule has 1 nitrogen and oxygen atoms in total. The lowest BCUT2D eigenvalue weighted by Crippen LogP contribution is -2.24. The Bertz CT molecular complexity index is 176. The van der Waals surface area contributed by atoms with Crippen LogP contribution in [-0.4, -0.2) is 6.54 Å². The zero-order chi connectivity index (χ0) is 10.0. The summed E-state index contributed by atoms with van der Waals surface area (Å²) in [7, 11) is 0. The molecule has 2 N–H and O–H groups in total. The monoisotopic (exact) mass is 195 g/mol. The van der Waals surface area contributed by atoms with Crippen LogP contribution < -0.4 is 5.73 Å². The summed E-state index contributed by atoms with van der Waals surface area (Å²) in [6.07, 6.45) is 11.6. The molecule has 0 aromatic heterocycles. The first-order chi connectivity index (χ1) is 6.80. The van der Waals surface area contributed by atoms with Gasteiger partial charge in [0.2, 0.25) is 0 Å². The largest absolute Gasteiger partial charge is 0.330 e. The van der Waals surface area contributed by atoms with Crippen molar-refractivity contribution in [2.45, 2.75) is 58.3 Å². The summed E-state index contributed by atoms with van der Waals surface area (Å²) in [5.41, 5.74) is 6.44. The molecule has 0 aromatic rings. The molecule has 2 fully saturated rings. The van der Waals surface area contributed by atoms with Gasteiger partial charge < -0.3 is 5.73 Å². The van der Waals surface area contributed by atoms with E-state index < -0.39 is 0 Å². The average Bonchev–Trinajstić information content (AvgIpc) is 3.00. The third-order valence-corrected chi connectivity index (χ3v) is 4.82. The zero-order valence-electron chi connectivity index (χ0n) is 9.60. The number of nitrogens with two attached hydrogens (primary N) is 1.